The number of anilines is 1. The lowest BCUT2D eigenvalue weighted by Gasteiger charge is -2.26. The number of nitrogens with zero attached hydrogens (tertiary/aromatic N) is 1. The molecule has 3 rings (SSSR count). The molecule has 1 amide bonds. The zero-order valence-corrected chi connectivity index (χ0v) is 15.6. The van der Waals surface area contributed by atoms with Crippen molar-refractivity contribution in [3.63, 3.8) is 0 Å². The Morgan fingerprint density at radius 3 is 2.52 bits per heavy atom. The van der Waals surface area contributed by atoms with E-state index in [1.807, 2.05) is 4.98 Å². The number of H-pyrrole nitrogens is 2. The fraction of sp³-hybridized carbons (Fsp3) is 0.353. The molecule has 1 aliphatic rings. The van der Waals surface area contributed by atoms with Crippen LogP contribution in [-0.4, -0.2) is 41.7 Å². The van der Waals surface area contributed by atoms with E-state index in [-0.39, 0.29) is 16.1 Å². The predicted molar refractivity (Wildman–Crippen MR) is 99.4 cm³/mol. The number of carbonyl (C=O) groups excluding carboxylic acids is 1. The van der Waals surface area contributed by atoms with Crippen molar-refractivity contribution in [2.45, 2.75) is 31.1 Å². The summed E-state index contributed by atoms with van der Waals surface area (Å²) in [5, 5.41) is 2.50. The van der Waals surface area contributed by atoms with E-state index in [0.29, 0.717) is 18.7 Å². The molecule has 0 bridgehead atoms. The highest BCUT2D eigenvalue weighted by atomic mass is 32.2. The maximum Gasteiger partial charge on any atom is 0.325 e. The summed E-state index contributed by atoms with van der Waals surface area (Å²) in [6.07, 6.45) is 3.66. The molecule has 27 heavy (non-hydrogen) atoms. The predicted octanol–water partition coefficient (Wildman–Crippen LogP) is 0.799. The van der Waals surface area contributed by atoms with E-state index < -0.39 is 27.2 Å². The lowest BCUT2D eigenvalue weighted by atomic mass is 10.2. The second kappa shape index (κ2) is 7.49. The average molecular weight is 392 g/mol. The van der Waals surface area contributed by atoms with Gasteiger partial charge in [-0.1, -0.05) is 12.5 Å². The first-order valence-electron chi connectivity index (χ1n) is 8.53. The summed E-state index contributed by atoms with van der Waals surface area (Å²) in [4.78, 5) is 39.4. The highest BCUT2D eigenvalue weighted by molar-refractivity contribution is 7.89. The molecule has 1 saturated heterocycles. The summed E-state index contributed by atoms with van der Waals surface area (Å²) >= 11 is 0. The Morgan fingerprint density at radius 1 is 1.15 bits per heavy atom. The number of rotatable bonds is 4. The van der Waals surface area contributed by atoms with E-state index in [4.69, 9.17) is 0 Å². The largest absolute Gasteiger partial charge is 0.325 e. The SMILES string of the molecule is Cc1ccc(NC(=O)c2c[nH]c(=O)[nH]c2=O)cc1S(=O)(=O)N1CCCCC1. The van der Waals surface area contributed by atoms with Crippen LogP contribution < -0.4 is 16.6 Å². The number of amides is 1. The van der Waals surface area contributed by atoms with E-state index >= 15 is 0 Å². The van der Waals surface area contributed by atoms with Crippen molar-refractivity contribution in [3.8, 4) is 0 Å². The van der Waals surface area contributed by atoms with E-state index in [1.165, 1.54) is 10.4 Å². The topological polar surface area (TPSA) is 132 Å². The Bertz CT molecular complexity index is 1080. The van der Waals surface area contributed by atoms with Gasteiger partial charge in [-0.25, -0.2) is 13.2 Å². The monoisotopic (exact) mass is 392 g/mol. The second-order valence-corrected chi connectivity index (χ2v) is 8.29. The molecule has 1 aromatic carbocycles. The molecule has 0 aliphatic carbocycles. The first kappa shape index (κ1) is 19.1. The summed E-state index contributed by atoms with van der Waals surface area (Å²) in [5.74, 6) is -0.752. The van der Waals surface area contributed by atoms with Crippen molar-refractivity contribution >= 4 is 21.6 Å². The summed E-state index contributed by atoms with van der Waals surface area (Å²) in [7, 11) is -3.66. The number of aromatic amines is 2. The van der Waals surface area contributed by atoms with Crippen LogP contribution in [0.5, 0.6) is 0 Å². The molecule has 3 N–H and O–H groups in total. The Hall–Kier alpha value is -2.72. The van der Waals surface area contributed by atoms with Crippen LogP contribution in [0.25, 0.3) is 0 Å². The van der Waals surface area contributed by atoms with Gasteiger partial charge in [0.15, 0.2) is 0 Å². The minimum absolute atomic E-state index is 0.123. The van der Waals surface area contributed by atoms with Crippen molar-refractivity contribution in [1.29, 1.82) is 0 Å². The van der Waals surface area contributed by atoms with Crippen LogP contribution in [0.3, 0.4) is 0 Å². The summed E-state index contributed by atoms with van der Waals surface area (Å²) in [6, 6.07) is 4.54. The molecule has 1 aliphatic heterocycles. The van der Waals surface area contributed by atoms with Crippen LogP contribution >= 0.6 is 0 Å². The van der Waals surface area contributed by atoms with Gasteiger partial charge < -0.3 is 10.3 Å². The number of benzene rings is 1. The standard InChI is InChI=1S/C17H20N4O5S/c1-11-5-6-12(19-15(22)13-10-18-17(24)20-16(13)23)9-14(11)27(25,26)21-7-3-2-4-8-21/h5-6,9-10H,2-4,7-8H2,1H3,(H,19,22)(H2,18,20,23,24). The molecule has 2 aromatic rings. The number of piperidine rings is 1. The molecule has 0 spiro atoms. The zero-order chi connectivity index (χ0) is 19.6. The summed E-state index contributed by atoms with van der Waals surface area (Å²) in [5.41, 5.74) is -1.02. The smallest absolute Gasteiger partial charge is 0.322 e. The number of aromatic nitrogens is 2. The van der Waals surface area contributed by atoms with Crippen molar-refractivity contribution in [2.75, 3.05) is 18.4 Å². The molecule has 0 atom stereocenters. The number of carbonyl (C=O) groups is 1. The van der Waals surface area contributed by atoms with Crippen LogP contribution in [0.1, 0.15) is 35.2 Å². The van der Waals surface area contributed by atoms with Crippen molar-refractivity contribution in [2.24, 2.45) is 0 Å². The van der Waals surface area contributed by atoms with E-state index in [0.717, 1.165) is 25.5 Å². The van der Waals surface area contributed by atoms with Crippen LogP contribution in [0, 0.1) is 6.92 Å². The molecule has 1 aromatic heterocycles. The number of nitrogens with one attached hydrogen (secondary N) is 3. The lowest BCUT2D eigenvalue weighted by Crippen LogP contribution is -2.36. The first-order valence-corrected chi connectivity index (χ1v) is 9.97. The van der Waals surface area contributed by atoms with Crippen molar-refractivity contribution in [1.82, 2.24) is 14.3 Å². The first-order chi connectivity index (χ1) is 12.8. The van der Waals surface area contributed by atoms with Gasteiger partial charge >= 0.3 is 5.69 Å². The number of hydrogen-bond acceptors (Lipinski definition) is 5. The lowest BCUT2D eigenvalue weighted by molar-refractivity contribution is 0.102. The molecule has 10 heteroatoms. The van der Waals surface area contributed by atoms with Crippen molar-refractivity contribution in [3.05, 3.63) is 56.4 Å². The van der Waals surface area contributed by atoms with E-state index in [2.05, 4.69) is 10.3 Å². The Morgan fingerprint density at radius 2 is 1.85 bits per heavy atom. The van der Waals surface area contributed by atoms with Gasteiger partial charge in [0, 0.05) is 25.0 Å². The maximum atomic E-state index is 12.9. The van der Waals surface area contributed by atoms with Gasteiger partial charge in [-0.15, -0.1) is 0 Å². The van der Waals surface area contributed by atoms with Crippen molar-refractivity contribution < 1.29 is 13.2 Å². The Balaban J connectivity index is 1.90. The van der Waals surface area contributed by atoms with Gasteiger partial charge in [0.1, 0.15) is 5.56 Å². The molecular formula is C17H20N4O5S. The molecule has 2 heterocycles. The van der Waals surface area contributed by atoms with Gasteiger partial charge in [0.2, 0.25) is 10.0 Å². The third-order valence-electron chi connectivity index (χ3n) is 4.44. The Labute approximate surface area is 155 Å². The number of hydrogen-bond donors (Lipinski definition) is 3. The Kier molecular flexibility index (Phi) is 5.29. The van der Waals surface area contributed by atoms with Gasteiger partial charge in [0.25, 0.3) is 11.5 Å². The molecule has 144 valence electrons. The van der Waals surface area contributed by atoms with Crippen LogP contribution in [0.4, 0.5) is 5.69 Å². The molecule has 1 fully saturated rings. The molecule has 0 saturated carbocycles. The quantitative estimate of drug-likeness (QED) is 0.708. The molecular weight excluding hydrogens is 372 g/mol. The third-order valence-corrected chi connectivity index (χ3v) is 6.48. The van der Waals surface area contributed by atoms with Gasteiger partial charge in [-0.3, -0.25) is 14.6 Å². The highest BCUT2D eigenvalue weighted by Crippen LogP contribution is 2.26. The van der Waals surface area contributed by atoms with E-state index in [9.17, 15) is 22.8 Å². The van der Waals surface area contributed by atoms with Gasteiger partial charge in [0.05, 0.1) is 4.90 Å². The third kappa shape index (κ3) is 4.01. The highest BCUT2D eigenvalue weighted by Gasteiger charge is 2.27. The second-order valence-electron chi connectivity index (χ2n) is 6.38. The van der Waals surface area contributed by atoms with E-state index in [1.54, 1.807) is 19.1 Å². The average Bonchev–Trinajstić information content (AvgIpc) is 2.63. The fourth-order valence-corrected chi connectivity index (χ4v) is 4.74. The number of aryl methyl sites for hydroxylation is 1. The summed E-state index contributed by atoms with van der Waals surface area (Å²) < 4.78 is 27.3. The zero-order valence-electron chi connectivity index (χ0n) is 14.7. The van der Waals surface area contributed by atoms with Crippen LogP contribution in [-0.2, 0) is 10.0 Å². The van der Waals surface area contributed by atoms with Gasteiger partial charge in [-0.2, -0.15) is 4.31 Å². The molecule has 0 unspecified atom stereocenters. The minimum Gasteiger partial charge on any atom is -0.322 e. The molecule has 0 radical (unpaired) electrons. The fourth-order valence-electron chi connectivity index (χ4n) is 2.98. The minimum atomic E-state index is -3.66. The van der Waals surface area contributed by atoms with Crippen LogP contribution in [0.15, 0.2) is 38.9 Å². The number of sulfonamides is 1. The maximum absolute atomic E-state index is 12.9. The normalized spacial score (nSPS) is 15.4. The summed E-state index contributed by atoms with van der Waals surface area (Å²) in [6.45, 7) is 2.64. The molecule has 9 nitrogen and oxygen atoms in total. The van der Waals surface area contributed by atoms with Crippen LogP contribution in [0.2, 0.25) is 0 Å². The van der Waals surface area contributed by atoms with Gasteiger partial charge in [-0.05, 0) is 37.5 Å².